The van der Waals surface area contributed by atoms with Crippen molar-refractivity contribution in [1.29, 1.82) is 0 Å². The lowest BCUT2D eigenvalue weighted by Crippen LogP contribution is -2.25. The molecule has 0 saturated heterocycles. The Kier molecular flexibility index (Phi) is 4.74. The number of ether oxygens (including phenoxy) is 1. The third-order valence-electron chi connectivity index (χ3n) is 3.62. The molecule has 0 radical (unpaired) electrons. The van der Waals surface area contributed by atoms with Gasteiger partial charge in [-0.1, -0.05) is 6.07 Å². The van der Waals surface area contributed by atoms with Crippen molar-refractivity contribution in [2.24, 2.45) is 5.73 Å². The molecule has 1 amide bonds. The molecule has 0 fully saturated rings. The zero-order valence-corrected chi connectivity index (χ0v) is 14.9. The minimum Gasteiger partial charge on any atom is -0.497 e. The highest BCUT2D eigenvalue weighted by molar-refractivity contribution is 7.97. The lowest BCUT2D eigenvalue weighted by Gasteiger charge is -2.10. The van der Waals surface area contributed by atoms with E-state index in [4.69, 9.17) is 14.9 Å². The number of nitrogens with two attached hydrogens (primary N) is 1. The number of rotatable bonds is 6. The van der Waals surface area contributed by atoms with E-state index in [-0.39, 0.29) is 5.69 Å². The number of amides is 1. The first kappa shape index (κ1) is 18.3. The number of carbonyl (C=O) groups is 1. The zero-order valence-electron chi connectivity index (χ0n) is 14.1. The van der Waals surface area contributed by atoms with Gasteiger partial charge in [-0.15, -0.1) is 0 Å². The number of benzene rings is 2. The van der Waals surface area contributed by atoms with Crippen LogP contribution < -0.4 is 20.9 Å². The predicted molar refractivity (Wildman–Crippen MR) is 99.5 cm³/mol. The van der Waals surface area contributed by atoms with E-state index in [9.17, 15) is 18.0 Å². The van der Waals surface area contributed by atoms with Gasteiger partial charge >= 0.3 is 5.76 Å². The zero-order chi connectivity index (χ0) is 19.6. The number of hydrogen-bond acceptors (Lipinski definition) is 6. The Balaban J connectivity index is 1.97. The molecule has 0 bridgehead atoms. The maximum absolute atomic E-state index is 12.6. The van der Waals surface area contributed by atoms with Crippen molar-refractivity contribution >= 4 is 38.8 Å². The molecule has 1 heterocycles. The van der Waals surface area contributed by atoms with Crippen molar-refractivity contribution in [3.63, 3.8) is 0 Å². The fraction of sp³-hybridized carbons (Fsp3) is 0.0588. The fourth-order valence-corrected chi connectivity index (χ4v) is 3.47. The molecular weight excluding hydrogens is 374 g/mol. The highest BCUT2D eigenvalue weighted by Gasteiger charge is 2.23. The molecular formula is C17H15N3O6S. The van der Waals surface area contributed by atoms with Crippen molar-refractivity contribution in [3.8, 4) is 5.75 Å². The van der Waals surface area contributed by atoms with Gasteiger partial charge in [-0.2, -0.15) is 0 Å². The first-order valence-electron chi connectivity index (χ1n) is 7.60. The second-order valence-electron chi connectivity index (χ2n) is 5.48. The van der Waals surface area contributed by atoms with Gasteiger partial charge in [0.05, 0.1) is 12.6 Å². The maximum atomic E-state index is 12.6. The van der Waals surface area contributed by atoms with E-state index in [2.05, 4.69) is 9.71 Å². The summed E-state index contributed by atoms with van der Waals surface area (Å²) in [6.45, 7) is 0. The van der Waals surface area contributed by atoms with Crippen LogP contribution >= 0.6 is 0 Å². The van der Waals surface area contributed by atoms with Crippen LogP contribution in [0.1, 0.15) is 5.56 Å². The number of methoxy groups -OCH3 is 1. The van der Waals surface area contributed by atoms with E-state index < -0.39 is 26.6 Å². The van der Waals surface area contributed by atoms with Crippen LogP contribution in [0.25, 0.3) is 17.2 Å². The summed E-state index contributed by atoms with van der Waals surface area (Å²) in [6.07, 6.45) is 1.11. The van der Waals surface area contributed by atoms with Gasteiger partial charge in [-0.3, -0.25) is 14.5 Å². The Hall–Kier alpha value is -3.53. The van der Waals surface area contributed by atoms with Gasteiger partial charge in [-0.05, 0) is 48.0 Å². The number of hydrogen-bond donors (Lipinski definition) is 3. The fourth-order valence-electron chi connectivity index (χ4n) is 2.36. The number of anilines is 1. The molecule has 0 spiro atoms. The molecule has 0 unspecified atom stereocenters. The van der Waals surface area contributed by atoms with Crippen molar-refractivity contribution in [2.45, 2.75) is 0 Å². The molecule has 0 aliphatic heterocycles. The number of nitrogens with one attached hydrogen (secondary N) is 2. The minimum absolute atomic E-state index is 0.234. The van der Waals surface area contributed by atoms with Crippen LogP contribution in [-0.4, -0.2) is 26.4 Å². The second kappa shape index (κ2) is 7.00. The summed E-state index contributed by atoms with van der Waals surface area (Å²) in [7, 11) is -2.76. The molecule has 0 aliphatic carbocycles. The number of H-pyrrole nitrogens is 1. The van der Waals surface area contributed by atoms with E-state index in [0.717, 1.165) is 6.08 Å². The third-order valence-corrected chi connectivity index (χ3v) is 5.02. The SMILES string of the molecule is COc1ccc(NS(=O)(=O)/C(=C/c2ccc3oc(=O)[nH]c3c2)C(N)=O)cc1. The molecule has 1 aromatic heterocycles. The molecule has 3 rings (SSSR count). The molecule has 0 aliphatic rings. The van der Waals surface area contributed by atoms with Crippen molar-refractivity contribution in [3.05, 3.63) is 63.5 Å². The van der Waals surface area contributed by atoms with Crippen LogP contribution in [0.4, 0.5) is 5.69 Å². The number of sulfonamides is 1. The maximum Gasteiger partial charge on any atom is 0.417 e. The Morgan fingerprint density at radius 2 is 1.93 bits per heavy atom. The van der Waals surface area contributed by atoms with Crippen LogP contribution in [0.5, 0.6) is 5.75 Å². The highest BCUT2D eigenvalue weighted by atomic mass is 32.2. The predicted octanol–water partition coefficient (Wildman–Crippen LogP) is 1.40. The number of aromatic amines is 1. The number of fused-ring (bicyclic) bond motifs is 1. The minimum atomic E-state index is -4.24. The van der Waals surface area contributed by atoms with Crippen LogP contribution in [0, 0.1) is 0 Å². The first-order chi connectivity index (χ1) is 12.8. The smallest absolute Gasteiger partial charge is 0.417 e. The van der Waals surface area contributed by atoms with E-state index in [1.165, 1.54) is 37.4 Å². The Morgan fingerprint density at radius 3 is 2.56 bits per heavy atom. The van der Waals surface area contributed by atoms with Gasteiger partial charge in [0.2, 0.25) is 0 Å². The van der Waals surface area contributed by atoms with Crippen molar-refractivity contribution < 1.29 is 22.4 Å². The molecule has 0 saturated carbocycles. The lowest BCUT2D eigenvalue weighted by atomic mass is 10.2. The van der Waals surface area contributed by atoms with E-state index in [0.29, 0.717) is 22.4 Å². The summed E-state index contributed by atoms with van der Waals surface area (Å²) in [5, 5.41) is 0. The van der Waals surface area contributed by atoms with Gasteiger partial charge in [-0.25, -0.2) is 13.2 Å². The summed E-state index contributed by atoms with van der Waals surface area (Å²) in [5.74, 6) is -1.22. The summed E-state index contributed by atoms with van der Waals surface area (Å²) in [5.41, 5.74) is 6.50. The second-order valence-corrected chi connectivity index (χ2v) is 7.13. The summed E-state index contributed by atoms with van der Waals surface area (Å²) >= 11 is 0. The molecule has 3 aromatic rings. The highest BCUT2D eigenvalue weighted by Crippen LogP contribution is 2.21. The molecule has 140 valence electrons. The topological polar surface area (TPSA) is 144 Å². The number of carbonyl (C=O) groups excluding carboxylic acids is 1. The van der Waals surface area contributed by atoms with E-state index in [1.807, 2.05) is 0 Å². The van der Waals surface area contributed by atoms with Crippen LogP contribution in [-0.2, 0) is 14.8 Å². The molecule has 27 heavy (non-hydrogen) atoms. The molecule has 2 aromatic carbocycles. The summed E-state index contributed by atoms with van der Waals surface area (Å²) < 4.78 is 37.3. The van der Waals surface area contributed by atoms with Crippen LogP contribution in [0.15, 0.2) is 56.6 Å². The Bertz CT molecular complexity index is 1190. The summed E-state index contributed by atoms with van der Waals surface area (Å²) in [4.78, 5) is 24.8. The monoisotopic (exact) mass is 389 g/mol. The van der Waals surface area contributed by atoms with Crippen LogP contribution in [0.2, 0.25) is 0 Å². The van der Waals surface area contributed by atoms with E-state index in [1.54, 1.807) is 12.1 Å². The van der Waals surface area contributed by atoms with Crippen molar-refractivity contribution in [1.82, 2.24) is 4.98 Å². The normalized spacial score (nSPS) is 12.1. The average Bonchev–Trinajstić information content (AvgIpc) is 2.98. The van der Waals surface area contributed by atoms with Gasteiger partial charge in [0.15, 0.2) is 10.5 Å². The lowest BCUT2D eigenvalue weighted by molar-refractivity contribution is -0.113. The Labute approximate surface area is 153 Å². The number of primary amides is 1. The van der Waals surface area contributed by atoms with Gasteiger partial charge in [0, 0.05) is 5.69 Å². The number of oxazole rings is 1. The Morgan fingerprint density at radius 1 is 1.22 bits per heavy atom. The standard InChI is InChI=1S/C17H15N3O6S/c1-25-12-5-3-11(4-6-12)20-27(23,24)15(16(18)21)9-10-2-7-14-13(8-10)19-17(22)26-14/h2-9,20H,1H3,(H2,18,21)(H,19,22)/b15-9+. The molecule has 10 heteroatoms. The van der Waals surface area contributed by atoms with Gasteiger partial charge < -0.3 is 14.9 Å². The quantitative estimate of drug-likeness (QED) is 0.544. The molecule has 9 nitrogen and oxygen atoms in total. The number of aromatic nitrogens is 1. The molecule has 0 atom stereocenters. The third kappa shape index (κ3) is 4.01. The van der Waals surface area contributed by atoms with Gasteiger partial charge in [0.1, 0.15) is 5.75 Å². The van der Waals surface area contributed by atoms with Crippen molar-refractivity contribution in [2.75, 3.05) is 11.8 Å². The first-order valence-corrected chi connectivity index (χ1v) is 9.08. The largest absolute Gasteiger partial charge is 0.497 e. The van der Waals surface area contributed by atoms with E-state index >= 15 is 0 Å². The average molecular weight is 389 g/mol. The van der Waals surface area contributed by atoms with Crippen LogP contribution in [0.3, 0.4) is 0 Å². The summed E-state index contributed by atoms with van der Waals surface area (Å²) in [6, 6.07) is 10.5. The van der Waals surface area contributed by atoms with Gasteiger partial charge in [0.25, 0.3) is 15.9 Å². The molecule has 4 N–H and O–H groups in total.